The Hall–Kier alpha value is -3.30. The van der Waals surface area contributed by atoms with Crippen LogP contribution in [0.1, 0.15) is 29.9 Å². The number of pyridine rings is 1. The lowest BCUT2D eigenvalue weighted by atomic mass is 10.0. The van der Waals surface area contributed by atoms with Crippen LogP contribution in [-0.4, -0.2) is 56.6 Å². The zero-order valence-corrected chi connectivity index (χ0v) is 18.9. The van der Waals surface area contributed by atoms with Crippen LogP contribution in [0.5, 0.6) is 0 Å². The molecule has 8 nitrogen and oxygen atoms in total. The number of nitro groups is 1. The molecule has 1 aliphatic rings. The van der Waals surface area contributed by atoms with Crippen molar-refractivity contribution in [3.8, 4) is 5.69 Å². The van der Waals surface area contributed by atoms with Crippen LogP contribution >= 0.6 is 12.2 Å². The average Bonchev–Trinajstić information content (AvgIpc) is 3.39. The summed E-state index contributed by atoms with van der Waals surface area (Å²) in [5.74, 6) is 0. The van der Waals surface area contributed by atoms with Crippen molar-refractivity contribution in [1.82, 2.24) is 24.7 Å². The van der Waals surface area contributed by atoms with E-state index in [1.165, 1.54) is 6.07 Å². The van der Waals surface area contributed by atoms with Crippen LogP contribution in [0, 0.1) is 10.1 Å². The highest BCUT2D eigenvalue weighted by atomic mass is 32.1. The number of aromatic nitrogens is 2. The summed E-state index contributed by atoms with van der Waals surface area (Å²) in [6, 6.07) is 16.3. The maximum Gasteiger partial charge on any atom is 0.271 e. The molecule has 4 rings (SSSR count). The van der Waals surface area contributed by atoms with Gasteiger partial charge < -0.3 is 19.7 Å². The van der Waals surface area contributed by atoms with E-state index in [0.717, 1.165) is 36.6 Å². The molecule has 1 aromatic carbocycles. The summed E-state index contributed by atoms with van der Waals surface area (Å²) in [4.78, 5) is 19.9. The molecule has 1 aliphatic heterocycles. The summed E-state index contributed by atoms with van der Waals surface area (Å²) in [7, 11) is 4.12. The molecule has 9 heteroatoms. The van der Waals surface area contributed by atoms with Crippen molar-refractivity contribution in [2.75, 3.05) is 27.2 Å². The Morgan fingerprint density at radius 3 is 2.75 bits per heavy atom. The van der Waals surface area contributed by atoms with Crippen LogP contribution in [-0.2, 0) is 0 Å². The van der Waals surface area contributed by atoms with Gasteiger partial charge in [-0.15, -0.1) is 0 Å². The van der Waals surface area contributed by atoms with Gasteiger partial charge >= 0.3 is 0 Å². The van der Waals surface area contributed by atoms with Crippen molar-refractivity contribution in [2.45, 2.75) is 18.5 Å². The molecule has 0 amide bonds. The van der Waals surface area contributed by atoms with E-state index in [0.29, 0.717) is 5.11 Å². The number of thiocarbonyl (C=S) groups is 1. The molecule has 1 saturated heterocycles. The Balaban J connectivity index is 1.75. The predicted molar refractivity (Wildman–Crippen MR) is 128 cm³/mol. The molecule has 1 N–H and O–H groups in total. The van der Waals surface area contributed by atoms with Crippen LogP contribution in [0.2, 0.25) is 0 Å². The first-order chi connectivity index (χ1) is 15.5. The topological polar surface area (TPSA) is 79.5 Å². The van der Waals surface area contributed by atoms with Crippen molar-refractivity contribution < 1.29 is 4.92 Å². The quantitative estimate of drug-likeness (QED) is 0.318. The number of benzene rings is 1. The first-order valence-electron chi connectivity index (χ1n) is 10.5. The van der Waals surface area contributed by atoms with Crippen molar-refractivity contribution in [1.29, 1.82) is 0 Å². The molecule has 0 radical (unpaired) electrons. The zero-order chi connectivity index (χ0) is 22.7. The van der Waals surface area contributed by atoms with Gasteiger partial charge in [-0.05, 0) is 69.6 Å². The Morgan fingerprint density at radius 2 is 2.03 bits per heavy atom. The second kappa shape index (κ2) is 9.46. The van der Waals surface area contributed by atoms with E-state index < -0.39 is 0 Å². The van der Waals surface area contributed by atoms with Gasteiger partial charge in [0.05, 0.1) is 28.4 Å². The molecule has 0 bridgehead atoms. The molecular formula is C23H26N6O2S. The van der Waals surface area contributed by atoms with E-state index in [9.17, 15) is 10.1 Å². The average molecular weight is 451 g/mol. The van der Waals surface area contributed by atoms with E-state index in [1.54, 1.807) is 18.3 Å². The minimum Gasteiger partial charge on any atom is -0.352 e. The van der Waals surface area contributed by atoms with Gasteiger partial charge in [-0.25, -0.2) is 0 Å². The fourth-order valence-electron chi connectivity index (χ4n) is 4.15. The van der Waals surface area contributed by atoms with Crippen molar-refractivity contribution in [3.63, 3.8) is 0 Å². The standard InChI is InChI=1S/C23H26N6O2S/c1-26(2)13-7-15-28-22(21(25-23(28)32)19-10-3-4-12-24-19)20-11-6-14-27(20)17-8-5-9-18(16-17)29(30)31/h3-6,8-12,14,16,21-22H,7,13,15H2,1-2H3,(H,25,32). The molecule has 166 valence electrons. The van der Waals surface area contributed by atoms with Crippen LogP contribution in [0.3, 0.4) is 0 Å². The summed E-state index contributed by atoms with van der Waals surface area (Å²) < 4.78 is 2.00. The minimum atomic E-state index is -0.372. The second-order valence-electron chi connectivity index (χ2n) is 8.06. The van der Waals surface area contributed by atoms with Crippen molar-refractivity contribution >= 4 is 23.0 Å². The maximum absolute atomic E-state index is 11.3. The summed E-state index contributed by atoms with van der Waals surface area (Å²) in [6.07, 6.45) is 4.67. The molecule has 0 saturated carbocycles. The van der Waals surface area contributed by atoms with Gasteiger partial charge in [0.1, 0.15) is 0 Å². The predicted octanol–water partition coefficient (Wildman–Crippen LogP) is 3.70. The van der Waals surface area contributed by atoms with Gasteiger partial charge in [-0.2, -0.15) is 0 Å². The Morgan fingerprint density at radius 1 is 1.19 bits per heavy atom. The molecule has 3 aromatic rings. The number of non-ortho nitro benzene ring substituents is 1. The van der Waals surface area contributed by atoms with Crippen LogP contribution in [0.4, 0.5) is 5.69 Å². The highest BCUT2D eigenvalue weighted by molar-refractivity contribution is 7.80. The van der Waals surface area contributed by atoms with Gasteiger partial charge in [0.25, 0.3) is 5.69 Å². The normalized spacial score (nSPS) is 18.2. The van der Waals surface area contributed by atoms with E-state index in [4.69, 9.17) is 12.2 Å². The number of hydrogen-bond donors (Lipinski definition) is 1. The first-order valence-corrected chi connectivity index (χ1v) is 10.9. The maximum atomic E-state index is 11.3. The molecule has 2 atom stereocenters. The summed E-state index contributed by atoms with van der Waals surface area (Å²) in [6.45, 7) is 1.74. The molecule has 0 spiro atoms. The van der Waals surface area contributed by atoms with Crippen LogP contribution in [0.15, 0.2) is 67.0 Å². The molecule has 32 heavy (non-hydrogen) atoms. The second-order valence-corrected chi connectivity index (χ2v) is 8.44. The molecule has 1 fully saturated rings. The zero-order valence-electron chi connectivity index (χ0n) is 18.1. The van der Waals surface area contributed by atoms with Gasteiger partial charge in [0.15, 0.2) is 5.11 Å². The van der Waals surface area contributed by atoms with E-state index in [1.807, 2.05) is 47.2 Å². The van der Waals surface area contributed by atoms with Crippen LogP contribution < -0.4 is 5.32 Å². The molecule has 3 heterocycles. The highest BCUT2D eigenvalue weighted by Crippen LogP contribution is 2.39. The van der Waals surface area contributed by atoms with Gasteiger partial charge in [-0.1, -0.05) is 12.1 Å². The Kier molecular flexibility index (Phi) is 6.48. The summed E-state index contributed by atoms with van der Waals surface area (Å²) >= 11 is 5.74. The lowest BCUT2D eigenvalue weighted by Gasteiger charge is -2.29. The summed E-state index contributed by atoms with van der Waals surface area (Å²) in [5, 5.41) is 15.5. The van der Waals surface area contributed by atoms with E-state index in [-0.39, 0.29) is 22.7 Å². The van der Waals surface area contributed by atoms with E-state index >= 15 is 0 Å². The number of nitro benzene ring substituents is 1. The van der Waals surface area contributed by atoms with E-state index in [2.05, 4.69) is 34.2 Å². The highest BCUT2D eigenvalue weighted by Gasteiger charge is 2.41. The molecule has 0 aliphatic carbocycles. The third kappa shape index (κ3) is 4.49. The number of nitrogens with one attached hydrogen (secondary N) is 1. The summed E-state index contributed by atoms with van der Waals surface area (Å²) in [5.41, 5.74) is 2.71. The van der Waals surface area contributed by atoms with Crippen LogP contribution in [0.25, 0.3) is 5.69 Å². The molecule has 2 aromatic heterocycles. The molecular weight excluding hydrogens is 424 g/mol. The number of hydrogen-bond acceptors (Lipinski definition) is 5. The first kappa shape index (κ1) is 21.9. The minimum absolute atomic E-state index is 0.0614. The SMILES string of the molecule is CN(C)CCCN1C(=S)NC(c2ccccn2)C1c1cccn1-c1cccc([N+](=O)[O-])c1. The lowest BCUT2D eigenvalue weighted by Crippen LogP contribution is -2.33. The number of nitrogens with zero attached hydrogens (tertiary/aromatic N) is 5. The smallest absolute Gasteiger partial charge is 0.271 e. The van der Waals surface area contributed by atoms with Gasteiger partial charge in [0, 0.05) is 36.8 Å². The third-order valence-corrected chi connectivity index (χ3v) is 5.96. The third-order valence-electron chi connectivity index (χ3n) is 5.60. The monoisotopic (exact) mass is 450 g/mol. The Bertz CT molecular complexity index is 1100. The fraction of sp³-hybridized carbons (Fsp3) is 0.304. The molecule has 2 unspecified atom stereocenters. The largest absolute Gasteiger partial charge is 0.352 e. The van der Waals surface area contributed by atoms with Gasteiger partial charge in [-0.3, -0.25) is 15.1 Å². The Labute approximate surface area is 192 Å². The van der Waals surface area contributed by atoms with Crippen molar-refractivity contribution in [2.24, 2.45) is 0 Å². The van der Waals surface area contributed by atoms with Crippen molar-refractivity contribution in [3.05, 3.63) is 88.5 Å². The van der Waals surface area contributed by atoms with Gasteiger partial charge in [0.2, 0.25) is 0 Å². The number of rotatable bonds is 8. The fourth-order valence-corrected chi connectivity index (χ4v) is 4.48. The lowest BCUT2D eigenvalue weighted by molar-refractivity contribution is -0.384.